The van der Waals surface area contributed by atoms with Crippen molar-refractivity contribution >= 4 is 6.03 Å². The average molecular weight is 349 g/mol. The Morgan fingerprint density at radius 2 is 1.96 bits per heavy atom. The van der Waals surface area contributed by atoms with Gasteiger partial charge in [0.15, 0.2) is 0 Å². The zero-order chi connectivity index (χ0) is 18.5. The van der Waals surface area contributed by atoms with Crippen molar-refractivity contribution in [1.29, 1.82) is 5.26 Å². The Morgan fingerprint density at radius 3 is 2.69 bits per heavy atom. The first kappa shape index (κ1) is 17.8. The summed E-state index contributed by atoms with van der Waals surface area (Å²) in [5.41, 5.74) is 4.19. The zero-order valence-corrected chi connectivity index (χ0v) is 15.1. The second kappa shape index (κ2) is 7.92. The smallest absolute Gasteiger partial charge is 0.315 e. The lowest BCUT2D eigenvalue weighted by molar-refractivity contribution is 0.206. The molecule has 0 aromatic heterocycles. The minimum absolute atomic E-state index is 0.0623. The highest BCUT2D eigenvalue weighted by molar-refractivity contribution is 5.74. The van der Waals surface area contributed by atoms with Gasteiger partial charge >= 0.3 is 6.03 Å². The predicted molar refractivity (Wildman–Crippen MR) is 100 cm³/mol. The molecule has 2 amide bonds. The van der Waals surface area contributed by atoms with E-state index in [1.54, 1.807) is 0 Å². The van der Waals surface area contributed by atoms with E-state index in [-0.39, 0.29) is 18.2 Å². The van der Waals surface area contributed by atoms with Crippen molar-refractivity contribution in [1.82, 2.24) is 10.6 Å². The van der Waals surface area contributed by atoms with E-state index in [4.69, 9.17) is 10.00 Å². The summed E-state index contributed by atoms with van der Waals surface area (Å²) in [4.78, 5) is 12.1. The Morgan fingerprint density at radius 1 is 1.23 bits per heavy atom. The molecule has 0 bridgehead atoms. The minimum atomic E-state index is -0.192. The summed E-state index contributed by atoms with van der Waals surface area (Å²) in [7, 11) is 0. The van der Waals surface area contributed by atoms with Gasteiger partial charge in [0.25, 0.3) is 0 Å². The number of nitrogens with one attached hydrogen (secondary N) is 2. The molecule has 1 aliphatic rings. The van der Waals surface area contributed by atoms with Crippen LogP contribution in [0.3, 0.4) is 0 Å². The number of benzene rings is 2. The van der Waals surface area contributed by atoms with Gasteiger partial charge in [-0.3, -0.25) is 0 Å². The van der Waals surface area contributed by atoms with Crippen LogP contribution in [0.2, 0.25) is 0 Å². The van der Waals surface area contributed by atoms with E-state index in [1.165, 1.54) is 11.1 Å². The fourth-order valence-electron chi connectivity index (χ4n) is 3.15. The normalized spacial score (nSPS) is 16.3. The first-order valence-electron chi connectivity index (χ1n) is 8.83. The van der Waals surface area contributed by atoms with E-state index in [0.29, 0.717) is 12.1 Å². The Hall–Kier alpha value is -3.00. The van der Waals surface area contributed by atoms with Gasteiger partial charge in [-0.2, -0.15) is 5.26 Å². The van der Waals surface area contributed by atoms with Crippen molar-refractivity contribution in [2.75, 3.05) is 6.54 Å². The molecule has 2 aromatic rings. The van der Waals surface area contributed by atoms with Gasteiger partial charge < -0.3 is 15.4 Å². The summed E-state index contributed by atoms with van der Waals surface area (Å²) in [5.74, 6) is 0.796. The Bertz CT molecular complexity index is 824. The quantitative estimate of drug-likeness (QED) is 0.871. The number of amides is 2. The van der Waals surface area contributed by atoms with E-state index in [2.05, 4.69) is 16.7 Å². The zero-order valence-electron chi connectivity index (χ0n) is 15.1. The van der Waals surface area contributed by atoms with Crippen molar-refractivity contribution < 1.29 is 9.53 Å². The molecule has 0 aliphatic heterocycles. The van der Waals surface area contributed by atoms with Gasteiger partial charge in [0.05, 0.1) is 18.2 Å². The number of urea groups is 1. The standard InChI is InChI=1S/C21H23N3O2/c1-14-3-7-20(8-4-14)26-15(2)13-23-21(25)24-19-10-17-6-5-16(12-22)9-18(17)11-19/h3-9,15,19H,10-11,13H2,1-2H3,(H2,23,24,25). The van der Waals surface area contributed by atoms with Crippen LogP contribution in [0.5, 0.6) is 5.75 Å². The highest BCUT2D eigenvalue weighted by atomic mass is 16.5. The van der Waals surface area contributed by atoms with Gasteiger partial charge in [-0.1, -0.05) is 23.8 Å². The summed E-state index contributed by atoms with van der Waals surface area (Å²) < 4.78 is 5.79. The second-order valence-corrected chi connectivity index (χ2v) is 6.80. The third kappa shape index (κ3) is 4.54. The number of aryl methyl sites for hydroxylation is 1. The topological polar surface area (TPSA) is 74.2 Å². The Balaban J connectivity index is 1.43. The van der Waals surface area contributed by atoms with Crippen LogP contribution >= 0.6 is 0 Å². The van der Waals surface area contributed by atoms with Gasteiger partial charge in [-0.05, 0) is 62.1 Å². The fourth-order valence-corrected chi connectivity index (χ4v) is 3.15. The molecule has 134 valence electrons. The summed E-state index contributed by atoms with van der Waals surface area (Å²) in [6.07, 6.45) is 1.43. The van der Waals surface area contributed by atoms with E-state index in [1.807, 2.05) is 56.3 Å². The molecule has 0 heterocycles. The van der Waals surface area contributed by atoms with Gasteiger partial charge in [-0.15, -0.1) is 0 Å². The van der Waals surface area contributed by atoms with Crippen molar-refractivity contribution in [3.8, 4) is 11.8 Å². The third-order valence-electron chi connectivity index (χ3n) is 4.51. The van der Waals surface area contributed by atoms with Crippen LogP contribution in [0.1, 0.15) is 29.2 Å². The number of nitriles is 1. The monoisotopic (exact) mass is 349 g/mol. The van der Waals surface area contributed by atoms with E-state index in [9.17, 15) is 4.79 Å². The van der Waals surface area contributed by atoms with Crippen LogP contribution in [-0.4, -0.2) is 24.7 Å². The summed E-state index contributed by atoms with van der Waals surface area (Å²) in [6.45, 7) is 4.38. The lowest BCUT2D eigenvalue weighted by atomic mass is 10.1. The Kier molecular flexibility index (Phi) is 5.43. The third-order valence-corrected chi connectivity index (χ3v) is 4.51. The molecule has 2 atom stereocenters. The van der Waals surface area contributed by atoms with Crippen LogP contribution < -0.4 is 15.4 Å². The molecule has 0 fully saturated rings. The van der Waals surface area contributed by atoms with E-state index in [0.717, 1.165) is 24.2 Å². The number of carbonyl (C=O) groups is 1. The predicted octanol–water partition coefficient (Wildman–Crippen LogP) is 3.10. The van der Waals surface area contributed by atoms with Crippen LogP contribution in [-0.2, 0) is 12.8 Å². The van der Waals surface area contributed by atoms with Crippen LogP contribution in [0.4, 0.5) is 4.79 Å². The van der Waals surface area contributed by atoms with E-state index < -0.39 is 0 Å². The van der Waals surface area contributed by atoms with Crippen LogP contribution in [0.15, 0.2) is 42.5 Å². The molecule has 26 heavy (non-hydrogen) atoms. The first-order valence-corrected chi connectivity index (χ1v) is 8.83. The SMILES string of the molecule is Cc1ccc(OC(C)CNC(=O)NC2Cc3ccc(C#N)cc3C2)cc1. The maximum atomic E-state index is 12.1. The fraction of sp³-hybridized carbons (Fsp3) is 0.333. The van der Waals surface area contributed by atoms with E-state index >= 15 is 0 Å². The molecule has 1 aliphatic carbocycles. The number of ether oxygens (including phenoxy) is 1. The number of hydrogen-bond acceptors (Lipinski definition) is 3. The van der Waals surface area contributed by atoms with Crippen molar-refractivity contribution in [3.63, 3.8) is 0 Å². The number of fused-ring (bicyclic) bond motifs is 1. The highest BCUT2D eigenvalue weighted by Gasteiger charge is 2.23. The van der Waals surface area contributed by atoms with Gasteiger partial charge in [0.2, 0.25) is 0 Å². The number of carbonyl (C=O) groups excluding carboxylic acids is 1. The number of hydrogen-bond donors (Lipinski definition) is 2. The molecule has 0 spiro atoms. The van der Waals surface area contributed by atoms with Crippen molar-refractivity contribution in [2.24, 2.45) is 0 Å². The van der Waals surface area contributed by atoms with Crippen molar-refractivity contribution in [2.45, 2.75) is 38.8 Å². The number of nitrogens with zero attached hydrogens (tertiary/aromatic N) is 1. The molecular formula is C21H23N3O2. The summed E-state index contributed by atoms with van der Waals surface area (Å²) >= 11 is 0. The first-order chi connectivity index (χ1) is 12.5. The molecule has 0 radical (unpaired) electrons. The molecule has 5 heteroatoms. The lowest BCUT2D eigenvalue weighted by Gasteiger charge is -2.17. The van der Waals surface area contributed by atoms with Crippen LogP contribution in [0.25, 0.3) is 0 Å². The van der Waals surface area contributed by atoms with Gasteiger partial charge in [-0.25, -0.2) is 4.79 Å². The molecule has 3 rings (SSSR count). The van der Waals surface area contributed by atoms with Crippen molar-refractivity contribution in [3.05, 3.63) is 64.7 Å². The molecule has 2 unspecified atom stereocenters. The summed E-state index contributed by atoms with van der Waals surface area (Å²) in [5, 5.41) is 14.8. The largest absolute Gasteiger partial charge is 0.489 e. The van der Waals surface area contributed by atoms with Gasteiger partial charge in [0.1, 0.15) is 11.9 Å². The molecule has 0 saturated heterocycles. The summed E-state index contributed by atoms with van der Waals surface area (Å²) in [6, 6.07) is 15.6. The molecule has 5 nitrogen and oxygen atoms in total. The van der Waals surface area contributed by atoms with Gasteiger partial charge in [0, 0.05) is 6.04 Å². The average Bonchev–Trinajstić information content (AvgIpc) is 3.03. The lowest BCUT2D eigenvalue weighted by Crippen LogP contribution is -2.45. The molecule has 2 N–H and O–H groups in total. The Labute approximate surface area is 154 Å². The maximum Gasteiger partial charge on any atom is 0.315 e. The maximum absolute atomic E-state index is 12.1. The highest BCUT2D eigenvalue weighted by Crippen LogP contribution is 2.23. The molecule has 0 saturated carbocycles. The number of rotatable bonds is 5. The van der Waals surface area contributed by atoms with Crippen LogP contribution in [0, 0.1) is 18.3 Å². The molecule has 2 aromatic carbocycles. The second-order valence-electron chi connectivity index (χ2n) is 6.80. The minimum Gasteiger partial charge on any atom is -0.489 e. The molecular weight excluding hydrogens is 326 g/mol.